The lowest BCUT2D eigenvalue weighted by molar-refractivity contribution is -0.138. The number of anilines is 1. The molecule has 1 aromatic heterocycles. The van der Waals surface area contributed by atoms with Gasteiger partial charge in [0.2, 0.25) is 11.9 Å². The van der Waals surface area contributed by atoms with Crippen molar-refractivity contribution < 1.29 is 9.53 Å². The van der Waals surface area contributed by atoms with Crippen LogP contribution in [0.1, 0.15) is 37.3 Å². The smallest absolute Gasteiger partial charge is 0.225 e. The van der Waals surface area contributed by atoms with Gasteiger partial charge >= 0.3 is 0 Å². The van der Waals surface area contributed by atoms with E-state index in [1.54, 1.807) is 13.3 Å². The molecule has 0 aromatic carbocycles. The highest BCUT2D eigenvalue weighted by molar-refractivity contribution is 5.79. The fraction of sp³-hybridized carbons (Fsp3) is 0.722. The van der Waals surface area contributed by atoms with Gasteiger partial charge in [-0.1, -0.05) is 0 Å². The van der Waals surface area contributed by atoms with Gasteiger partial charge in [-0.15, -0.1) is 0 Å². The van der Waals surface area contributed by atoms with Crippen LogP contribution in [-0.2, 0) is 9.53 Å². The molecule has 3 rings (SSSR count). The number of piperidine rings is 2. The number of nitrogens with two attached hydrogens (primary N) is 1. The van der Waals surface area contributed by atoms with Crippen molar-refractivity contribution in [3.05, 3.63) is 18.0 Å². The fourth-order valence-corrected chi connectivity index (χ4v) is 3.89. The average Bonchev–Trinajstić information content (AvgIpc) is 2.66. The summed E-state index contributed by atoms with van der Waals surface area (Å²) in [6, 6.07) is 1.94. The Morgan fingerprint density at radius 1 is 1.24 bits per heavy atom. The van der Waals surface area contributed by atoms with E-state index in [9.17, 15) is 4.79 Å². The molecule has 1 amide bonds. The standard InChI is InChI=1S/C18H29N5O2/c1-25-13-12-22-8-3-15(4-9-22)17(24)23-10-5-14(6-11-23)16-2-7-20-18(19)21-16/h2,7,14-15H,3-6,8-13H2,1H3,(H2,19,20,21). The van der Waals surface area contributed by atoms with Gasteiger partial charge in [0.05, 0.1) is 6.61 Å². The Balaban J connectivity index is 1.46. The van der Waals surface area contributed by atoms with Crippen molar-refractivity contribution in [1.29, 1.82) is 0 Å². The van der Waals surface area contributed by atoms with Gasteiger partial charge in [-0.2, -0.15) is 0 Å². The molecule has 0 saturated carbocycles. The van der Waals surface area contributed by atoms with Crippen LogP contribution in [-0.4, -0.2) is 72.1 Å². The number of hydrogen-bond acceptors (Lipinski definition) is 6. The number of nitrogens with zero attached hydrogens (tertiary/aromatic N) is 4. The van der Waals surface area contributed by atoms with Gasteiger partial charge in [0.1, 0.15) is 0 Å². The first-order valence-electron chi connectivity index (χ1n) is 9.26. The highest BCUT2D eigenvalue weighted by atomic mass is 16.5. The van der Waals surface area contributed by atoms with Crippen LogP contribution in [0.4, 0.5) is 5.95 Å². The van der Waals surface area contributed by atoms with Crippen molar-refractivity contribution in [2.45, 2.75) is 31.6 Å². The van der Waals surface area contributed by atoms with E-state index in [0.717, 1.165) is 70.7 Å². The molecule has 3 heterocycles. The number of carbonyl (C=O) groups excluding carboxylic acids is 1. The van der Waals surface area contributed by atoms with E-state index in [0.29, 0.717) is 17.8 Å². The summed E-state index contributed by atoms with van der Waals surface area (Å²) in [5, 5.41) is 0. The molecule has 2 N–H and O–H groups in total. The first kappa shape index (κ1) is 18.1. The van der Waals surface area contributed by atoms with Gasteiger partial charge in [-0.05, 0) is 44.8 Å². The van der Waals surface area contributed by atoms with E-state index < -0.39 is 0 Å². The third-order valence-corrected chi connectivity index (χ3v) is 5.47. The average molecular weight is 347 g/mol. The molecular formula is C18H29N5O2. The van der Waals surface area contributed by atoms with Gasteiger partial charge in [0, 0.05) is 50.5 Å². The Morgan fingerprint density at radius 2 is 1.96 bits per heavy atom. The Labute approximate surface area is 149 Å². The van der Waals surface area contributed by atoms with E-state index in [-0.39, 0.29) is 5.92 Å². The molecule has 2 saturated heterocycles. The SMILES string of the molecule is COCCN1CCC(C(=O)N2CCC(c3ccnc(N)n3)CC2)CC1. The summed E-state index contributed by atoms with van der Waals surface area (Å²) >= 11 is 0. The van der Waals surface area contributed by atoms with E-state index in [1.165, 1.54) is 0 Å². The second kappa shape index (κ2) is 8.58. The minimum Gasteiger partial charge on any atom is -0.383 e. The van der Waals surface area contributed by atoms with Crippen LogP contribution in [0.5, 0.6) is 0 Å². The van der Waals surface area contributed by atoms with Crippen LogP contribution >= 0.6 is 0 Å². The zero-order valence-electron chi connectivity index (χ0n) is 15.1. The van der Waals surface area contributed by atoms with Crippen LogP contribution in [0, 0.1) is 5.92 Å². The third-order valence-electron chi connectivity index (χ3n) is 5.47. The molecule has 2 aliphatic heterocycles. The van der Waals surface area contributed by atoms with E-state index >= 15 is 0 Å². The maximum absolute atomic E-state index is 12.8. The minimum atomic E-state index is 0.185. The van der Waals surface area contributed by atoms with Gasteiger partial charge < -0.3 is 20.3 Å². The molecule has 2 aliphatic rings. The zero-order chi connectivity index (χ0) is 17.6. The summed E-state index contributed by atoms with van der Waals surface area (Å²) in [4.78, 5) is 25.5. The number of aromatic nitrogens is 2. The topological polar surface area (TPSA) is 84.6 Å². The molecular weight excluding hydrogens is 318 g/mol. The zero-order valence-corrected chi connectivity index (χ0v) is 15.1. The molecule has 0 radical (unpaired) electrons. The minimum absolute atomic E-state index is 0.185. The highest BCUT2D eigenvalue weighted by Crippen LogP contribution is 2.29. The third kappa shape index (κ3) is 4.67. The molecule has 7 nitrogen and oxygen atoms in total. The highest BCUT2D eigenvalue weighted by Gasteiger charge is 2.31. The van der Waals surface area contributed by atoms with Gasteiger partial charge in [0.15, 0.2) is 0 Å². The molecule has 0 spiro atoms. The lowest BCUT2D eigenvalue weighted by Gasteiger charge is -2.37. The largest absolute Gasteiger partial charge is 0.383 e. The second-order valence-corrected chi connectivity index (χ2v) is 7.05. The number of likely N-dealkylation sites (tertiary alicyclic amines) is 2. The lowest BCUT2D eigenvalue weighted by atomic mass is 9.90. The predicted octanol–water partition coefficient (Wildman–Crippen LogP) is 1.12. The number of hydrogen-bond donors (Lipinski definition) is 1. The number of nitrogen functional groups attached to an aromatic ring is 1. The van der Waals surface area contributed by atoms with Crippen LogP contribution in [0.25, 0.3) is 0 Å². The summed E-state index contributed by atoms with van der Waals surface area (Å²) in [6.07, 6.45) is 5.55. The van der Waals surface area contributed by atoms with E-state index in [4.69, 9.17) is 10.5 Å². The van der Waals surface area contributed by atoms with Crippen LogP contribution < -0.4 is 5.73 Å². The van der Waals surface area contributed by atoms with Crippen molar-refractivity contribution in [3.8, 4) is 0 Å². The van der Waals surface area contributed by atoms with E-state index in [2.05, 4.69) is 19.8 Å². The summed E-state index contributed by atoms with van der Waals surface area (Å²) in [5.41, 5.74) is 6.69. The molecule has 138 valence electrons. The van der Waals surface area contributed by atoms with Crippen LogP contribution in [0.2, 0.25) is 0 Å². The summed E-state index contributed by atoms with van der Waals surface area (Å²) in [7, 11) is 1.73. The molecule has 0 aliphatic carbocycles. The number of carbonyl (C=O) groups is 1. The molecule has 0 unspecified atom stereocenters. The summed E-state index contributed by atoms with van der Waals surface area (Å²) in [5.74, 6) is 1.23. The van der Waals surface area contributed by atoms with Crippen LogP contribution in [0.15, 0.2) is 12.3 Å². The molecule has 7 heteroatoms. The Morgan fingerprint density at radius 3 is 2.60 bits per heavy atom. The van der Waals surface area contributed by atoms with Crippen molar-refractivity contribution in [3.63, 3.8) is 0 Å². The second-order valence-electron chi connectivity index (χ2n) is 7.05. The van der Waals surface area contributed by atoms with Crippen molar-refractivity contribution >= 4 is 11.9 Å². The number of rotatable bonds is 5. The lowest BCUT2D eigenvalue weighted by Crippen LogP contribution is -2.45. The number of ether oxygens (including phenoxy) is 1. The molecule has 2 fully saturated rings. The van der Waals surface area contributed by atoms with Crippen molar-refractivity contribution in [1.82, 2.24) is 19.8 Å². The number of methoxy groups -OCH3 is 1. The maximum atomic E-state index is 12.8. The Hall–Kier alpha value is -1.73. The first-order chi connectivity index (χ1) is 12.2. The van der Waals surface area contributed by atoms with Gasteiger partial charge in [-0.3, -0.25) is 4.79 Å². The number of amides is 1. The van der Waals surface area contributed by atoms with Crippen molar-refractivity contribution in [2.24, 2.45) is 5.92 Å². The van der Waals surface area contributed by atoms with E-state index in [1.807, 2.05) is 6.07 Å². The van der Waals surface area contributed by atoms with Crippen molar-refractivity contribution in [2.75, 3.05) is 52.2 Å². The summed E-state index contributed by atoms with van der Waals surface area (Å²) in [6.45, 7) is 5.35. The Bertz CT molecular complexity index is 566. The Kier molecular flexibility index (Phi) is 6.20. The monoisotopic (exact) mass is 347 g/mol. The first-order valence-corrected chi connectivity index (χ1v) is 9.26. The quantitative estimate of drug-likeness (QED) is 0.859. The molecule has 0 atom stereocenters. The molecule has 25 heavy (non-hydrogen) atoms. The van der Waals surface area contributed by atoms with Gasteiger partial charge in [-0.25, -0.2) is 9.97 Å². The maximum Gasteiger partial charge on any atom is 0.225 e. The van der Waals surface area contributed by atoms with Crippen LogP contribution in [0.3, 0.4) is 0 Å². The van der Waals surface area contributed by atoms with Gasteiger partial charge in [0.25, 0.3) is 0 Å². The fourth-order valence-electron chi connectivity index (χ4n) is 3.89. The molecule has 1 aromatic rings. The normalized spacial score (nSPS) is 20.8. The predicted molar refractivity (Wildman–Crippen MR) is 96.0 cm³/mol. The molecule has 0 bridgehead atoms. The summed E-state index contributed by atoms with van der Waals surface area (Å²) < 4.78 is 5.13.